The van der Waals surface area contributed by atoms with Crippen molar-refractivity contribution in [1.29, 1.82) is 0 Å². The summed E-state index contributed by atoms with van der Waals surface area (Å²) in [5.74, 6) is 1.37. The molecule has 1 aliphatic heterocycles. The lowest BCUT2D eigenvalue weighted by Crippen LogP contribution is -2.31. The van der Waals surface area contributed by atoms with Crippen molar-refractivity contribution in [3.63, 3.8) is 0 Å². The first kappa shape index (κ1) is 20.9. The topological polar surface area (TPSA) is 70.2 Å². The Morgan fingerprint density at radius 3 is 2.55 bits per heavy atom. The fourth-order valence-electron chi connectivity index (χ4n) is 3.32. The highest BCUT2D eigenvalue weighted by Crippen LogP contribution is 2.31. The summed E-state index contributed by atoms with van der Waals surface area (Å²) in [5.41, 5.74) is -1.33. The molecule has 6 nitrogen and oxygen atoms in total. The lowest BCUT2D eigenvalue weighted by molar-refractivity contribution is -0.137. The van der Waals surface area contributed by atoms with Crippen LogP contribution in [0, 0.1) is 6.92 Å². The van der Waals surface area contributed by atoms with Crippen LogP contribution in [0.5, 0.6) is 0 Å². The first-order valence-electron chi connectivity index (χ1n) is 9.63. The number of carbonyl (C=O) groups excluding carboxylic acids is 1. The number of rotatable bonds is 6. The monoisotopic (exact) mass is 407 g/mol. The molecule has 29 heavy (non-hydrogen) atoms. The fourth-order valence-corrected chi connectivity index (χ4v) is 3.32. The van der Waals surface area contributed by atoms with E-state index in [1.807, 2.05) is 13.0 Å². The molecule has 2 aromatic rings. The number of hydrogen-bond acceptors (Lipinski definition) is 5. The highest BCUT2D eigenvalue weighted by Gasteiger charge is 2.34. The van der Waals surface area contributed by atoms with Crippen LogP contribution in [0.1, 0.15) is 41.0 Å². The Labute approximate surface area is 167 Å². The number of hydrogen-bond donors (Lipinski definition) is 2. The number of anilines is 2. The Balaban J connectivity index is 1.56. The molecule has 1 aromatic carbocycles. The van der Waals surface area contributed by atoms with Crippen molar-refractivity contribution >= 4 is 17.5 Å². The van der Waals surface area contributed by atoms with Gasteiger partial charge in [-0.1, -0.05) is 12.1 Å². The highest BCUT2D eigenvalue weighted by molar-refractivity contribution is 5.95. The van der Waals surface area contributed by atoms with Crippen LogP contribution in [0.15, 0.2) is 30.3 Å². The van der Waals surface area contributed by atoms with Gasteiger partial charge in [0.25, 0.3) is 5.91 Å². The third kappa shape index (κ3) is 5.58. The number of benzene rings is 1. The first-order valence-corrected chi connectivity index (χ1v) is 9.63. The molecule has 0 radical (unpaired) electrons. The third-order valence-corrected chi connectivity index (χ3v) is 4.70. The van der Waals surface area contributed by atoms with Gasteiger partial charge >= 0.3 is 6.18 Å². The van der Waals surface area contributed by atoms with E-state index in [1.54, 1.807) is 0 Å². The van der Waals surface area contributed by atoms with Gasteiger partial charge in [0.05, 0.1) is 11.1 Å². The summed E-state index contributed by atoms with van der Waals surface area (Å²) in [6.45, 7) is 4.23. The molecule has 0 spiro atoms. The van der Waals surface area contributed by atoms with Crippen LogP contribution >= 0.6 is 0 Å². The summed E-state index contributed by atoms with van der Waals surface area (Å²) in [7, 11) is 0. The maximum absolute atomic E-state index is 13.0. The first-order chi connectivity index (χ1) is 13.8. The van der Waals surface area contributed by atoms with Crippen LogP contribution in [-0.2, 0) is 6.18 Å². The van der Waals surface area contributed by atoms with Crippen molar-refractivity contribution in [1.82, 2.24) is 15.3 Å². The van der Waals surface area contributed by atoms with E-state index >= 15 is 0 Å². The van der Waals surface area contributed by atoms with Crippen LogP contribution < -0.4 is 15.5 Å². The number of aryl methyl sites for hydroxylation is 1. The normalized spacial score (nSPS) is 14.6. The van der Waals surface area contributed by atoms with Crippen molar-refractivity contribution in [3.05, 3.63) is 47.3 Å². The minimum atomic E-state index is -4.57. The number of nitrogens with one attached hydrogen (secondary N) is 2. The fraction of sp³-hybridized carbons (Fsp3) is 0.450. The average molecular weight is 407 g/mol. The zero-order valence-electron chi connectivity index (χ0n) is 16.2. The summed E-state index contributed by atoms with van der Waals surface area (Å²) >= 11 is 0. The molecule has 0 atom stereocenters. The van der Waals surface area contributed by atoms with Gasteiger partial charge in [0, 0.05) is 32.2 Å². The van der Waals surface area contributed by atoms with Gasteiger partial charge in [-0.2, -0.15) is 13.2 Å². The Bertz CT molecular complexity index is 850. The van der Waals surface area contributed by atoms with Crippen LogP contribution in [0.4, 0.5) is 24.8 Å². The van der Waals surface area contributed by atoms with E-state index in [4.69, 9.17) is 0 Å². The lowest BCUT2D eigenvalue weighted by atomic mass is 10.1. The van der Waals surface area contributed by atoms with Gasteiger partial charge in [-0.3, -0.25) is 4.79 Å². The van der Waals surface area contributed by atoms with Crippen molar-refractivity contribution in [2.75, 3.05) is 36.4 Å². The number of nitrogens with zero attached hydrogens (tertiary/aromatic N) is 3. The van der Waals surface area contributed by atoms with Gasteiger partial charge in [0.2, 0.25) is 0 Å². The van der Waals surface area contributed by atoms with Crippen molar-refractivity contribution in [2.45, 2.75) is 32.4 Å². The molecule has 1 fully saturated rings. The maximum Gasteiger partial charge on any atom is 0.417 e. The van der Waals surface area contributed by atoms with Gasteiger partial charge < -0.3 is 15.5 Å². The second-order valence-electron chi connectivity index (χ2n) is 6.93. The highest BCUT2D eigenvalue weighted by atomic mass is 19.4. The van der Waals surface area contributed by atoms with E-state index in [0.29, 0.717) is 18.2 Å². The zero-order chi connectivity index (χ0) is 20.9. The summed E-state index contributed by atoms with van der Waals surface area (Å²) in [6.07, 6.45) is -1.08. The minimum Gasteiger partial charge on any atom is -0.368 e. The van der Waals surface area contributed by atoms with E-state index in [1.165, 1.54) is 24.6 Å². The summed E-state index contributed by atoms with van der Waals surface area (Å²) < 4.78 is 39.1. The second kappa shape index (κ2) is 9.11. The zero-order valence-corrected chi connectivity index (χ0v) is 16.2. The Morgan fingerprint density at radius 1 is 1.10 bits per heavy atom. The lowest BCUT2D eigenvalue weighted by Gasteiger charge is -2.28. The molecule has 2 heterocycles. The minimum absolute atomic E-state index is 0.160. The Morgan fingerprint density at radius 2 is 1.83 bits per heavy atom. The number of halogens is 3. The molecule has 156 valence electrons. The van der Waals surface area contributed by atoms with Crippen LogP contribution in [0.3, 0.4) is 0 Å². The molecule has 0 saturated carbocycles. The average Bonchev–Trinajstić information content (AvgIpc) is 2.71. The predicted octanol–water partition coefficient (Wildman–Crippen LogP) is 3.64. The number of aromatic nitrogens is 2. The SMILES string of the molecule is Cc1nc(NCCNC(=O)c2ccccc2C(F)(F)F)cc(N2CCCCC2)n1. The number of piperidine rings is 1. The molecule has 9 heteroatoms. The van der Waals surface area contributed by atoms with Gasteiger partial charge in [-0.05, 0) is 38.3 Å². The molecule has 0 bridgehead atoms. The van der Waals surface area contributed by atoms with Crippen LogP contribution in [0.2, 0.25) is 0 Å². The molecule has 1 amide bonds. The Kier molecular flexibility index (Phi) is 6.56. The number of amides is 1. The van der Waals surface area contributed by atoms with Crippen LogP contribution in [0.25, 0.3) is 0 Å². The van der Waals surface area contributed by atoms with Crippen molar-refractivity contribution < 1.29 is 18.0 Å². The third-order valence-electron chi connectivity index (χ3n) is 4.70. The summed E-state index contributed by atoms with van der Waals surface area (Å²) in [5, 5.41) is 5.62. The molecule has 0 aliphatic carbocycles. The maximum atomic E-state index is 13.0. The summed E-state index contributed by atoms with van der Waals surface area (Å²) in [4.78, 5) is 23.2. The van der Waals surface area contributed by atoms with Crippen LogP contribution in [-0.4, -0.2) is 42.1 Å². The molecular weight excluding hydrogens is 383 g/mol. The molecule has 0 unspecified atom stereocenters. The smallest absolute Gasteiger partial charge is 0.368 e. The standard InChI is InChI=1S/C20H24F3N5O/c1-14-26-17(13-18(27-14)28-11-5-2-6-12-28)24-9-10-25-19(29)15-7-3-4-8-16(15)20(21,22)23/h3-4,7-8,13H,2,5-6,9-12H2,1H3,(H,25,29)(H,24,26,27). The molecular formula is C20H24F3N5O. The van der Waals surface area contributed by atoms with Gasteiger partial charge in [-0.25, -0.2) is 9.97 Å². The van der Waals surface area contributed by atoms with Crippen molar-refractivity contribution in [3.8, 4) is 0 Å². The quantitative estimate of drug-likeness (QED) is 0.716. The molecule has 3 rings (SSSR count). The second-order valence-corrected chi connectivity index (χ2v) is 6.93. The number of carbonyl (C=O) groups is 1. The van der Waals surface area contributed by atoms with E-state index < -0.39 is 17.6 Å². The van der Waals surface area contributed by atoms with Gasteiger partial charge in [0.15, 0.2) is 0 Å². The number of alkyl halides is 3. The van der Waals surface area contributed by atoms with E-state index in [-0.39, 0.29) is 12.1 Å². The van der Waals surface area contributed by atoms with Gasteiger partial charge in [0.1, 0.15) is 17.5 Å². The Hall–Kier alpha value is -2.84. The predicted molar refractivity (Wildman–Crippen MR) is 105 cm³/mol. The van der Waals surface area contributed by atoms with E-state index in [0.717, 1.165) is 37.8 Å². The van der Waals surface area contributed by atoms with Crippen molar-refractivity contribution in [2.24, 2.45) is 0 Å². The molecule has 1 saturated heterocycles. The molecule has 1 aromatic heterocycles. The molecule has 1 aliphatic rings. The largest absolute Gasteiger partial charge is 0.417 e. The molecule has 2 N–H and O–H groups in total. The van der Waals surface area contributed by atoms with E-state index in [2.05, 4.69) is 25.5 Å². The van der Waals surface area contributed by atoms with Gasteiger partial charge in [-0.15, -0.1) is 0 Å². The summed E-state index contributed by atoms with van der Waals surface area (Å²) in [6, 6.07) is 6.61. The van der Waals surface area contributed by atoms with E-state index in [9.17, 15) is 18.0 Å².